The van der Waals surface area contributed by atoms with Gasteiger partial charge in [-0.25, -0.2) is 0 Å². The number of hydrogen-bond donors (Lipinski definition) is 0. The Morgan fingerprint density at radius 2 is 1.91 bits per heavy atom. The molecule has 2 aliphatic rings. The first-order chi connectivity index (χ1) is 5.23. The van der Waals surface area contributed by atoms with Gasteiger partial charge in [-0.05, 0) is 44.7 Å². The van der Waals surface area contributed by atoms with Crippen LogP contribution in [0.4, 0.5) is 0 Å². The first-order valence-corrected chi connectivity index (χ1v) is 4.98. The van der Waals surface area contributed by atoms with Gasteiger partial charge in [-0.15, -0.1) is 0 Å². The maximum Gasteiger partial charge on any atom is 0.0213 e. The van der Waals surface area contributed by atoms with Crippen LogP contribution in [0, 0.1) is 5.92 Å². The Kier molecular flexibility index (Phi) is 1.71. The lowest BCUT2D eigenvalue weighted by Crippen LogP contribution is -2.47. The van der Waals surface area contributed by atoms with E-state index in [0.717, 1.165) is 5.92 Å². The number of hydrogen-bond acceptors (Lipinski definition) is 1. The smallest absolute Gasteiger partial charge is 0.0213 e. The average Bonchev–Trinajstić information content (AvgIpc) is 2.40. The minimum Gasteiger partial charge on any atom is -0.298 e. The quantitative estimate of drug-likeness (QED) is 0.601. The van der Waals surface area contributed by atoms with Crippen LogP contribution in [0.25, 0.3) is 0 Å². The lowest BCUT2D eigenvalue weighted by Gasteiger charge is -2.40. The van der Waals surface area contributed by atoms with E-state index in [1.165, 1.54) is 38.8 Å². The maximum absolute atomic E-state index is 2.70. The van der Waals surface area contributed by atoms with E-state index in [2.05, 4.69) is 18.7 Å². The molecule has 1 saturated heterocycles. The highest BCUT2D eigenvalue weighted by Gasteiger charge is 2.49. The molecule has 1 aliphatic carbocycles. The molecular formula is C10H19N. The third kappa shape index (κ3) is 1.31. The molecule has 0 atom stereocenters. The summed E-state index contributed by atoms with van der Waals surface area (Å²) in [7, 11) is 0. The monoisotopic (exact) mass is 153 g/mol. The molecule has 1 heteroatoms. The zero-order valence-corrected chi connectivity index (χ0v) is 7.77. The van der Waals surface area contributed by atoms with Crippen LogP contribution in [0.2, 0.25) is 0 Å². The summed E-state index contributed by atoms with van der Waals surface area (Å²) in [5.41, 5.74) is 0.701. The van der Waals surface area contributed by atoms with Crippen molar-refractivity contribution < 1.29 is 0 Å². The maximum atomic E-state index is 2.70. The van der Waals surface area contributed by atoms with Crippen LogP contribution in [0.3, 0.4) is 0 Å². The molecule has 0 N–H and O–H groups in total. The van der Waals surface area contributed by atoms with E-state index in [-0.39, 0.29) is 0 Å². The van der Waals surface area contributed by atoms with Crippen molar-refractivity contribution in [2.75, 3.05) is 13.1 Å². The Morgan fingerprint density at radius 1 is 1.27 bits per heavy atom. The second-order valence-corrected chi connectivity index (χ2v) is 4.66. The largest absolute Gasteiger partial charge is 0.298 e. The number of likely N-dealkylation sites (tertiary alicyclic amines) is 1. The summed E-state index contributed by atoms with van der Waals surface area (Å²) >= 11 is 0. The van der Waals surface area contributed by atoms with Gasteiger partial charge in [0.05, 0.1) is 0 Å². The van der Waals surface area contributed by atoms with Gasteiger partial charge in [0, 0.05) is 5.54 Å². The zero-order chi connectivity index (χ0) is 7.90. The fourth-order valence-electron chi connectivity index (χ4n) is 2.34. The summed E-state index contributed by atoms with van der Waals surface area (Å²) in [4.78, 5) is 2.70. The standard InChI is InChI=1S/C10H19N/c1-9(2)8-10(4-5-10)11-6-3-7-11/h9H,3-8H2,1-2H3. The van der Waals surface area contributed by atoms with Crippen molar-refractivity contribution in [3.63, 3.8) is 0 Å². The number of rotatable bonds is 3. The highest BCUT2D eigenvalue weighted by atomic mass is 15.3. The molecule has 1 aliphatic heterocycles. The van der Waals surface area contributed by atoms with Gasteiger partial charge < -0.3 is 0 Å². The zero-order valence-electron chi connectivity index (χ0n) is 7.77. The SMILES string of the molecule is CC(C)CC1(N2CCC2)CC1. The third-order valence-corrected chi connectivity index (χ3v) is 3.14. The lowest BCUT2D eigenvalue weighted by atomic mass is 9.97. The summed E-state index contributed by atoms with van der Waals surface area (Å²) in [5.74, 6) is 0.887. The first-order valence-electron chi connectivity index (χ1n) is 4.98. The van der Waals surface area contributed by atoms with Crippen LogP contribution in [0.1, 0.15) is 39.5 Å². The second kappa shape index (κ2) is 2.48. The van der Waals surface area contributed by atoms with Crippen molar-refractivity contribution in [1.82, 2.24) is 4.90 Å². The van der Waals surface area contributed by atoms with Gasteiger partial charge in [-0.3, -0.25) is 4.90 Å². The van der Waals surface area contributed by atoms with Gasteiger partial charge in [0.2, 0.25) is 0 Å². The summed E-state index contributed by atoms with van der Waals surface area (Å²) in [5, 5.41) is 0. The Labute approximate surface area is 69.8 Å². The van der Waals surface area contributed by atoms with E-state index in [1.807, 2.05) is 0 Å². The minimum atomic E-state index is 0.701. The van der Waals surface area contributed by atoms with Crippen molar-refractivity contribution >= 4 is 0 Å². The molecule has 0 unspecified atom stereocenters. The first kappa shape index (κ1) is 7.60. The van der Waals surface area contributed by atoms with Crippen molar-refractivity contribution in [2.24, 2.45) is 5.92 Å². The van der Waals surface area contributed by atoms with E-state index in [0.29, 0.717) is 5.54 Å². The molecule has 0 bridgehead atoms. The Morgan fingerprint density at radius 3 is 2.18 bits per heavy atom. The minimum absolute atomic E-state index is 0.701. The normalized spacial score (nSPS) is 28.6. The van der Waals surface area contributed by atoms with E-state index in [1.54, 1.807) is 0 Å². The number of nitrogens with zero attached hydrogens (tertiary/aromatic N) is 1. The van der Waals surface area contributed by atoms with Gasteiger partial charge in [0.25, 0.3) is 0 Å². The molecule has 2 rings (SSSR count). The molecule has 1 saturated carbocycles. The highest BCUT2D eigenvalue weighted by Crippen LogP contribution is 2.48. The lowest BCUT2D eigenvalue weighted by molar-refractivity contribution is 0.0854. The Balaban J connectivity index is 1.88. The summed E-state index contributed by atoms with van der Waals surface area (Å²) in [6.07, 6.45) is 5.84. The van der Waals surface area contributed by atoms with E-state index in [4.69, 9.17) is 0 Å². The predicted octanol–water partition coefficient (Wildman–Crippen LogP) is 2.27. The molecule has 0 amide bonds. The van der Waals surface area contributed by atoms with Gasteiger partial charge in [-0.2, -0.15) is 0 Å². The average molecular weight is 153 g/mol. The highest BCUT2D eigenvalue weighted by molar-refractivity contribution is 5.06. The van der Waals surface area contributed by atoms with Gasteiger partial charge >= 0.3 is 0 Å². The molecule has 1 heterocycles. The van der Waals surface area contributed by atoms with Crippen molar-refractivity contribution in [3.8, 4) is 0 Å². The van der Waals surface area contributed by atoms with Crippen molar-refractivity contribution in [3.05, 3.63) is 0 Å². The molecule has 11 heavy (non-hydrogen) atoms. The van der Waals surface area contributed by atoms with Crippen LogP contribution in [0.15, 0.2) is 0 Å². The third-order valence-electron chi connectivity index (χ3n) is 3.14. The molecule has 0 aromatic rings. The van der Waals surface area contributed by atoms with Crippen LogP contribution in [0.5, 0.6) is 0 Å². The summed E-state index contributed by atoms with van der Waals surface area (Å²) in [6.45, 7) is 7.46. The molecule has 0 aromatic heterocycles. The van der Waals surface area contributed by atoms with Crippen LogP contribution in [-0.2, 0) is 0 Å². The van der Waals surface area contributed by atoms with Gasteiger partial charge in [0.1, 0.15) is 0 Å². The molecule has 0 radical (unpaired) electrons. The van der Waals surface area contributed by atoms with Crippen molar-refractivity contribution in [2.45, 2.75) is 45.1 Å². The fraction of sp³-hybridized carbons (Fsp3) is 1.00. The van der Waals surface area contributed by atoms with Crippen molar-refractivity contribution in [1.29, 1.82) is 0 Å². The van der Waals surface area contributed by atoms with Gasteiger partial charge in [0.15, 0.2) is 0 Å². The van der Waals surface area contributed by atoms with Gasteiger partial charge in [-0.1, -0.05) is 13.8 Å². The topological polar surface area (TPSA) is 3.24 Å². The van der Waals surface area contributed by atoms with E-state index < -0.39 is 0 Å². The van der Waals surface area contributed by atoms with Crippen LogP contribution in [-0.4, -0.2) is 23.5 Å². The molecular weight excluding hydrogens is 134 g/mol. The fourth-order valence-corrected chi connectivity index (χ4v) is 2.34. The molecule has 0 spiro atoms. The van der Waals surface area contributed by atoms with Crippen LogP contribution >= 0.6 is 0 Å². The molecule has 64 valence electrons. The second-order valence-electron chi connectivity index (χ2n) is 4.66. The summed E-state index contributed by atoms with van der Waals surface area (Å²) in [6, 6.07) is 0. The predicted molar refractivity (Wildman–Crippen MR) is 47.6 cm³/mol. The van der Waals surface area contributed by atoms with Crippen LogP contribution < -0.4 is 0 Å². The Bertz CT molecular complexity index is 143. The summed E-state index contributed by atoms with van der Waals surface area (Å²) < 4.78 is 0. The molecule has 2 fully saturated rings. The molecule has 0 aromatic carbocycles. The van der Waals surface area contributed by atoms with E-state index >= 15 is 0 Å². The molecule has 1 nitrogen and oxygen atoms in total. The Hall–Kier alpha value is -0.0400. The van der Waals surface area contributed by atoms with E-state index in [9.17, 15) is 0 Å².